The lowest BCUT2D eigenvalue weighted by Gasteiger charge is -2.10. The molecule has 0 unspecified atom stereocenters. The minimum atomic E-state index is -1.12. The van der Waals surface area contributed by atoms with Crippen LogP contribution in [0.5, 0.6) is 5.88 Å². The summed E-state index contributed by atoms with van der Waals surface area (Å²) in [5, 5.41) is 0.882. The van der Waals surface area contributed by atoms with E-state index in [0.29, 0.717) is 22.3 Å². The summed E-state index contributed by atoms with van der Waals surface area (Å²) < 4.78 is 39.1. The van der Waals surface area contributed by atoms with Crippen LogP contribution < -0.4 is 4.74 Å². The molecule has 0 aliphatic rings. The molecule has 28 heavy (non-hydrogen) atoms. The third-order valence-corrected chi connectivity index (χ3v) is 4.68. The minimum Gasteiger partial charge on any atom is -0.481 e. The van der Waals surface area contributed by atoms with Gasteiger partial charge in [-0.1, -0.05) is 32.0 Å². The van der Waals surface area contributed by atoms with Crippen LogP contribution in [0, 0.1) is 11.6 Å². The number of rotatable bonds is 4. The van der Waals surface area contributed by atoms with Crippen LogP contribution in [0.2, 0.25) is 0 Å². The monoisotopic (exact) mass is 381 g/mol. The Bertz CT molecular complexity index is 1230. The molecule has 0 atom stereocenters. The van der Waals surface area contributed by atoms with Gasteiger partial charge in [0.1, 0.15) is 16.9 Å². The number of furan rings is 1. The second-order valence-corrected chi connectivity index (χ2v) is 6.79. The first-order chi connectivity index (χ1) is 13.4. The zero-order valence-electron chi connectivity index (χ0n) is 15.5. The van der Waals surface area contributed by atoms with Gasteiger partial charge < -0.3 is 9.15 Å². The number of ketones is 1. The number of hydrogen-bond donors (Lipinski definition) is 0. The lowest BCUT2D eigenvalue weighted by molar-refractivity contribution is 0.103. The molecule has 0 bridgehead atoms. The summed E-state index contributed by atoms with van der Waals surface area (Å²) in [7, 11) is 1.35. The highest BCUT2D eigenvalue weighted by molar-refractivity contribution is 6.21. The van der Waals surface area contributed by atoms with Crippen LogP contribution >= 0.6 is 0 Å². The first kappa shape index (κ1) is 18.1. The number of para-hydroxylation sites is 1. The molecule has 0 amide bonds. The molecule has 142 valence electrons. The second-order valence-electron chi connectivity index (χ2n) is 6.79. The Morgan fingerprint density at radius 2 is 1.86 bits per heavy atom. The van der Waals surface area contributed by atoms with Crippen molar-refractivity contribution in [3.8, 4) is 5.88 Å². The van der Waals surface area contributed by atoms with E-state index in [0.717, 1.165) is 6.07 Å². The molecule has 0 aliphatic carbocycles. The molecule has 4 aromatic rings. The average molecular weight is 381 g/mol. The molecular formula is C22H17F2NO3. The zero-order chi connectivity index (χ0) is 20.0. The fourth-order valence-corrected chi connectivity index (χ4v) is 3.34. The van der Waals surface area contributed by atoms with E-state index in [2.05, 4.69) is 4.98 Å². The van der Waals surface area contributed by atoms with Crippen molar-refractivity contribution in [2.75, 3.05) is 7.11 Å². The molecule has 0 radical (unpaired) electrons. The third kappa shape index (κ3) is 2.72. The summed E-state index contributed by atoms with van der Waals surface area (Å²) in [6.07, 6.45) is 0. The fraction of sp³-hybridized carbons (Fsp3) is 0.182. The summed E-state index contributed by atoms with van der Waals surface area (Å²) in [6, 6.07) is 11.0. The van der Waals surface area contributed by atoms with Gasteiger partial charge in [0.05, 0.1) is 12.7 Å². The Labute approximate surface area is 159 Å². The van der Waals surface area contributed by atoms with Crippen LogP contribution in [-0.2, 0) is 0 Å². The Balaban J connectivity index is 2.04. The molecule has 0 aliphatic heterocycles. The Morgan fingerprint density at radius 1 is 1.11 bits per heavy atom. The van der Waals surface area contributed by atoms with Gasteiger partial charge in [-0.25, -0.2) is 13.8 Å². The molecule has 4 nitrogen and oxygen atoms in total. The Kier molecular flexibility index (Phi) is 4.34. The number of fused-ring (bicyclic) bond motifs is 2. The highest BCUT2D eigenvalue weighted by atomic mass is 19.2. The summed E-state index contributed by atoms with van der Waals surface area (Å²) in [4.78, 5) is 17.6. The molecule has 0 N–H and O–H groups in total. The number of benzene rings is 2. The number of halogens is 2. The molecule has 2 aromatic carbocycles. The van der Waals surface area contributed by atoms with E-state index in [1.165, 1.54) is 19.2 Å². The van der Waals surface area contributed by atoms with Gasteiger partial charge in [-0.2, -0.15) is 0 Å². The highest BCUT2D eigenvalue weighted by Crippen LogP contribution is 2.35. The number of nitrogens with zero attached hydrogens (tertiary/aromatic N) is 1. The quantitative estimate of drug-likeness (QED) is 0.431. The van der Waals surface area contributed by atoms with Crippen molar-refractivity contribution in [1.82, 2.24) is 4.98 Å². The predicted molar refractivity (Wildman–Crippen MR) is 102 cm³/mol. The van der Waals surface area contributed by atoms with Crippen molar-refractivity contribution in [3.63, 3.8) is 0 Å². The number of carbonyl (C=O) groups excluding carboxylic acids is 1. The van der Waals surface area contributed by atoms with Gasteiger partial charge in [-0.3, -0.25) is 4.79 Å². The maximum Gasteiger partial charge on any atom is 0.214 e. The maximum atomic E-state index is 14.3. The van der Waals surface area contributed by atoms with Gasteiger partial charge in [-0.05, 0) is 18.2 Å². The van der Waals surface area contributed by atoms with Crippen LogP contribution in [-0.4, -0.2) is 17.9 Å². The summed E-state index contributed by atoms with van der Waals surface area (Å²) in [6.45, 7) is 3.85. The summed E-state index contributed by atoms with van der Waals surface area (Å²) >= 11 is 0. The Morgan fingerprint density at radius 3 is 2.57 bits per heavy atom. The van der Waals surface area contributed by atoms with E-state index in [9.17, 15) is 13.6 Å². The number of aromatic nitrogens is 1. The fourth-order valence-electron chi connectivity index (χ4n) is 3.34. The van der Waals surface area contributed by atoms with Crippen LogP contribution in [0.4, 0.5) is 8.78 Å². The van der Waals surface area contributed by atoms with Crippen molar-refractivity contribution in [2.24, 2.45) is 0 Å². The average Bonchev–Trinajstić information content (AvgIpc) is 3.09. The maximum absolute atomic E-state index is 14.3. The van der Waals surface area contributed by atoms with Crippen molar-refractivity contribution in [1.29, 1.82) is 0 Å². The minimum absolute atomic E-state index is 0.0271. The summed E-state index contributed by atoms with van der Waals surface area (Å²) in [5.41, 5.74) is 0.929. The second kappa shape index (κ2) is 6.71. The normalized spacial score (nSPS) is 11.5. The topological polar surface area (TPSA) is 52.3 Å². The predicted octanol–water partition coefficient (Wildman–Crippen LogP) is 5.62. The lowest BCUT2D eigenvalue weighted by atomic mass is 9.94. The molecule has 0 spiro atoms. The van der Waals surface area contributed by atoms with E-state index >= 15 is 0 Å². The van der Waals surface area contributed by atoms with E-state index in [4.69, 9.17) is 9.15 Å². The van der Waals surface area contributed by atoms with Gasteiger partial charge in [0.25, 0.3) is 0 Å². The Hall–Kier alpha value is -3.28. The number of ether oxygens (including phenoxy) is 1. The zero-order valence-corrected chi connectivity index (χ0v) is 15.5. The number of carbonyl (C=O) groups is 1. The molecule has 0 fully saturated rings. The van der Waals surface area contributed by atoms with E-state index in [1.807, 2.05) is 26.0 Å². The van der Waals surface area contributed by atoms with Crippen LogP contribution in [0.15, 0.2) is 46.9 Å². The van der Waals surface area contributed by atoms with Crippen molar-refractivity contribution in [2.45, 2.75) is 19.8 Å². The van der Waals surface area contributed by atoms with E-state index in [1.54, 1.807) is 12.1 Å². The molecule has 0 saturated carbocycles. The molecular weight excluding hydrogens is 364 g/mol. The van der Waals surface area contributed by atoms with Crippen LogP contribution in [0.25, 0.3) is 21.9 Å². The standard InChI is InChI=1S/C22H17F2NO3/c1-11(2)22-18(13-6-4-5-7-16(13)28-22)21(26)14-10-17(27-3)25-20-12(14)8-9-15(23)19(20)24/h4-11H,1-3H3. The smallest absolute Gasteiger partial charge is 0.214 e. The molecule has 6 heteroatoms. The molecule has 0 saturated heterocycles. The molecule has 2 aromatic heterocycles. The van der Waals surface area contributed by atoms with E-state index < -0.39 is 11.6 Å². The van der Waals surface area contributed by atoms with Gasteiger partial charge in [0.2, 0.25) is 5.88 Å². The van der Waals surface area contributed by atoms with Crippen molar-refractivity contribution < 1.29 is 22.7 Å². The largest absolute Gasteiger partial charge is 0.481 e. The SMILES string of the molecule is COc1cc(C(=O)c2c(C(C)C)oc3ccccc23)c2ccc(F)c(F)c2n1. The third-order valence-electron chi connectivity index (χ3n) is 4.68. The van der Waals surface area contributed by atoms with Gasteiger partial charge in [-0.15, -0.1) is 0 Å². The first-order valence-corrected chi connectivity index (χ1v) is 8.81. The van der Waals surface area contributed by atoms with Crippen molar-refractivity contribution in [3.05, 3.63) is 71.0 Å². The number of methoxy groups -OCH3 is 1. The summed E-state index contributed by atoms with van der Waals surface area (Å²) in [5.74, 6) is -1.99. The lowest BCUT2D eigenvalue weighted by Crippen LogP contribution is -2.07. The molecule has 2 heterocycles. The first-order valence-electron chi connectivity index (χ1n) is 8.81. The van der Waals surface area contributed by atoms with Crippen LogP contribution in [0.1, 0.15) is 41.4 Å². The molecule has 4 rings (SSSR count). The highest BCUT2D eigenvalue weighted by Gasteiger charge is 2.26. The van der Waals surface area contributed by atoms with Gasteiger partial charge >= 0.3 is 0 Å². The van der Waals surface area contributed by atoms with E-state index in [-0.39, 0.29) is 34.0 Å². The number of pyridine rings is 1. The van der Waals surface area contributed by atoms with Crippen LogP contribution in [0.3, 0.4) is 0 Å². The van der Waals surface area contributed by atoms with Crippen molar-refractivity contribution >= 4 is 27.7 Å². The van der Waals surface area contributed by atoms with Gasteiger partial charge in [0.15, 0.2) is 17.4 Å². The van der Waals surface area contributed by atoms with Gasteiger partial charge in [0, 0.05) is 28.3 Å². The number of hydrogen-bond acceptors (Lipinski definition) is 4.